The summed E-state index contributed by atoms with van der Waals surface area (Å²) >= 11 is 1.69. The van der Waals surface area contributed by atoms with Crippen molar-refractivity contribution in [2.75, 3.05) is 31.9 Å². The van der Waals surface area contributed by atoms with Crippen molar-refractivity contribution in [1.82, 2.24) is 0 Å². The molecule has 0 atom stereocenters. The number of hydrogen-bond donors (Lipinski definition) is 2. The molecule has 1 aliphatic rings. The van der Waals surface area contributed by atoms with Gasteiger partial charge in [-0.25, -0.2) is 0 Å². The number of methoxy groups -OCH3 is 2. The third-order valence-electron chi connectivity index (χ3n) is 4.28. The SMILES string of the molecule is CNc1sc2c(c1C(=O)Nc1ccc(OC)cc1OC)CCCC2. The van der Waals surface area contributed by atoms with Gasteiger partial charge in [-0.2, -0.15) is 0 Å². The Morgan fingerprint density at radius 3 is 2.67 bits per heavy atom. The highest BCUT2D eigenvalue weighted by atomic mass is 32.1. The molecule has 1 amide bonds. The smallest absolute Gasteiger partial charge is 0.259 e. The van der Waals surface area contributed by atoms with Crippen molar-refractivity contribution < 1.29 is 14.3 Å². The van der Waals surface area contributed by atoms with Gasteiger partial charge in [0.2, 0.25) is 0 Å². The van der Waals surface area contributed by atoms with Gasteiger partial charge in [-0.3, -0.25) is 4.79 Å². The lowest BCUT2D eigenvalue weighted by Gasteiger charge is -2.15. The molecule has 0 bridgehead atoms. The first-order valence-corrected chi connectivity index (χ1v) is 8.85. The van der Waals surface area contributed by atoms with Crippen LogP contribution >= 0.6 is 11.3 Å². The average Bonchev–Trinajstić information content (AvgIpc) is 3.00. The van der Waals surface area contributed by atoms with Crippen LogP contribution in [0.15, 0.2) is 18.2 Å². The largest absolute Gasteiger partial charge is 0.497 e. The number of benzene rings is 1. The molecule has 3 rings (SSSR count). The number of carbonyl (C=O) groups excluding carboxylic acids is 1. The number of fused-ring (bicyclic) bond motifs is 1. The van der Waals surface area contributed by atoms with Gasteiger partial charge < -0.3 is 20.1 Å². The number of anilines is 2. The first-order valence-electron chi connectivity index (χ1n) is 8.03. The molecule has 2 aromatic rings. The molecule has 0 fully saturated rings. The summed E-state index contributed by atoms with van der Waals surface area (Å²) in [6.07, 6.45) is 4.37. The molecule has 0 spiro atoms. The summed E-state index contributed by atoms with van der Waals surface area (Å²) in [5.74, 6) is 1.17. The quantitative estimate of drug-likeness (QED) is 0.861. The van der Waals surface area contributed by atoms with Crippen molar-refractivity contribution in [3.05, 3.63) is 34.2 Å². The molecule has 0 saturated carbocycles. The Bertz CT molecular complexity index is 755. The third kappa shape index (κ3) is 3.06. The van der Waals surface area contributed by atoms with E-state index in [1.54, 1.807) is 43.8 Å². The minimum Gasteiger partial charge on any atom is -0.497 e. The lowest BCUT2D eigenvalue weighted by molar-refractivity contribution is 0.102. The van der Waals surface area contributed by atoms with Crippen LogP contribution in [0.25, 0.3) is 0 Å². The van der Waals surface area contributed by atoms with Crippen molar-refractivity contribution in [3.63, 3.8) is 0 Å². The van der Waals surface area contributed by atoms with E-state index >= 15 is 0 Å². The molecular weight excluding hydrogens is 324 g/mol. The van der Waals surface area contributed by atoms with Gasteiger partial charge in [-0.15, -0.1) is 11.3 Å². The van der Waals surface area contributed by atoms with Crippen LogP contribution in [0, 0.1) is 0 Å². The molecule has 1 aromatic carbocycles. The predicted molar refractivity (Wildman–Crippen MR) is 98.0 cm³/mol. The number of amides is 1. The Balaban J connectivity index is 1.92. The number of ether oxygens (including phenoxy) is 2. The Morgan fingerprint density at radius 1 is 1.17 bits per heavy atom. The van der Waals surface area contributed by atoms with Crippen molar-refractivity contribution >= 4 is 27.9 Å². The third-order valence-corrected chi connectivity index (χ3v) is 5.59. The molecule has 5 nitrogen and oxygen atoms in total. The summed E-state index contributed by atoms with van der Waals surface area (Å²) in [5.41, 5.74) is 2.61. The van der Waals surface area contributed by atoms with E-state index in [4.69, 9.17) is 9.47 Å². The molecule has 0 unspecified atom stereocenters. The summed E-state index contributed by atoms with van der Waals surface area (Å²) in [5, 5.41) is 7.10. The molecule has 24 heavy (non-hydrogen) atoms. The fourth-order valence-corrected chi connectivity index (χ4v) is 4.31. The lowest BCUT2D eigenvalue weighted by Crippen LogP contribution is -2.16. The number of rotatable bonds is 5. The Labute approximate surface area is 146 Å². The fourth-order valence-electron chi connectivity index (χ4n) is 3.07. The van der Waals surface area contributed by atoms with Gasteiger partial charge in [0.1, 0.15) is 16.5 Å². The van der Waals surface area contributed by atoms with Crippen LogP contribution in [0.2, 0.25) is 0 Å². The number of thiophene rings is 1. The van der Waals surface area contributed by atoms with E-state index in [9.17, 15) is 4.79 Å². The van der Waals surface area contributed by atoms with Gasteiger partial charge in [0.25, 0.3) is 5.91 Å². The minimum absolute atomic E-state index is 0.0952. The molecule has 6 heteroatoms. The average molecular weight is 346 g/mol. The topological polar surface area (TPSA) is 59.6 Å². The molecule has 0 aliphatic heterocycles. The second-order valence-electron chi connectivity index (χ2n) is 5.69. The predicted octanol–water partition coefficient (Wildman–Crippen LogP) is 3.94. The number of aryl methyl sites for hydroxylation is 1. The molecule has 128 valence electrons. The van der Waals surface area contributed by atoms with Crippen LogP contribution in [-0.4, -0.2) is 27.2 Å². The molecule has 1 heterocycles. The van der Waals surface area contributed by atoms with Gasteiger partial charge in [0, 0.05) is 18.0 Å². The van der Waals surface area contributed by atoms with Crippen LogP contribution in [0.5, 0.6) is 11.5 Å². The van der Waals surface area contributed by atoms with Gasteiger partial charge in [-0.1, -0.05) is 0 Å². The van der Waals surface area contributed by atoms with Crippen molar-refractivity contribution in [2.24, 2.45) is 0 Å². The van der Waals surface area contributed by atoms with Crippen LogP contribution in [0.3, 0.4) is 0 Å². The van der Waals surface area contributed by atoms with Crippen molar-refractivity contribution in [3.8, 4) is 11.5 Å². The first-order chi connectivity index (χ1) is 11.7. The molecule has 0 radical (unpaired) electrons. The maximum absolute atomic E-state index is 12.9. The Kier molecular flexibility index (Phi) is 4.94. The van der Waals surface area contributed by atoms with Crippen LogP contribution in [0.1, 0.15) is 33.6 Å². The highest BCUT2D eigenvalue weighted by Crippen LogP contribution is 2.39. The van der Waals surface area contributed by atoms with Gasteiger partial charge in [0.05, 0.1) is 25.5 Å². The highest BCUT2D eigenvalue weighted by Gasteiger charge is 2.25. The Morgan fingerprint density at radius 2 is 1.96 bits per heavy atom. The summed E-state index contributed by atoms with van der Waals surface area (Å²) in [6, 6.07) is 5.37. The lowest BCUT2D eigenvalue weighted by atomic mass is 9.95. The summed E-state index contributed by atoms with van der Waals surface area (Å²) in [4.78, 5) is 14.2. The van der Waals surface area contributed by atoms with E-state index in [-0.39, 0.29) is 5.91 Å². The molecule has 1 aliphatic carbocycles. The standard InChI is InChI=1S/C18H22N2O3S/c1-19-18-16(12-6-4-5-7-15(12)24-18)17(21)20-13-9-8-11(22-2)10-14(13)23-3/h8-10,19H,4-7H2,1-3H3,(H,20,21). The second kappa shape index (κ2) is 7.13. The number of nitrogens with one attached hydrogen (secondary N) is 2. The van der Waals surface area contributed by atoms with E-state index < -0.39 is 0 Å². The van der Waals surface area contributed by atoms with E-state index in [0.29, 0.717) is 17.2 Å². The molecule has 1 aromatic heterocycles. The number of carbonyl (C=O) groups is 1. The van der Waals surface area contributed by atoms with Gasteiger partial charge in [0.15, 0.2) is 0 Å². The maximum Gasteiger partial charge on any atom is 0.259 e. The zero-order valence-corrected chi connectivity index (χ0v) is 15.0. The zero-order valence-electron chi connectivity index (χ0n) is 14.2. The maximum atomic E-state index is 12.9. The van der Waals surface area contributed by atoms with Crippen LogP contribution < -0.4 is 20.1 Å². The van der Waals surface area contributed by atoms with Gasteiger partial charge in [-0.05, 0) is 43.4 Å². The normalized spacial score (nSPS) is 13.1. The van der Waals surface area contributed by atoms with E-state index in [1.165, 1.54) is 16.9 Å². The molecule has 2 N–H and O–H groups in total. The van der Waals surface area contributed by atoms with Crippen LogP contribution in [0.4, 0.5) is 10.7 Å². The minimum atomic E-state index is -0.0952. The fraction of sp³-hybridized carbons (Fsp3) is 0.389. The van der Waals surface area contributed by atoms with Gasteiger partial charge >= 0.3 is 0 Å². The van der Waals surface area contributed by atoms with Crippen molar-refractivity contribution in [1.29, 1.82) is 0 Å². The van der Waals surface area contributed by atoms with Crippen molar-refractivity contribution in [2.45, 2.75) is 25.7 Å². The summed E-state index contributed by atoms with van der Waals surface area (Å²) in [7, 11) is 5.04. The first kappa shape index (κ1) is 16.6. The summed E-state index contributed by atoms with van der Waals surface area (Å²) < 4.78 is 10.6. The van der Waals surface area contributed by atoms with E-state index in [1.807, 2.05) is 7.05 Å². The highest BCUT2D eigenvalue weighted by molar-refractivity contribution is 7.16. The Hall–Kier alpha value is -2.21. The zero-order chi connectivity index (χ0) is 17.1. The van der Waals surface area contributed by atoms with E-state index in [0.717, 1.165) is 29.8 Å². The summed E-state index contributed by atoms with van der Waals surface area (Å²) in [6.45, 7) is 0. The molecular formula is C18H22N2O3S. The number of hydrogen-bond acceptors (Lipinski definition) is 5. The molecule has 0 saturated heterocycles. The van der Waals surface area contributed by atoms with E-state index in [2.05, 4.69) is 10.6 Å². The second-order valence-corrected chi connectivity index (χ2v) is 6.79. The van der Waals surface area contributed by atoms with Crippen LogP contribution in [-0.2, 0) is 12.8 Å². The monoisotopic (exact) mass is 346 g/mol.